The SMILES string of the molecule is Cc1ncc(-c2cc(C)c3cc(C)c(NC(=O)C(C)C)cc3n2)s1. The molecule has 5 heteroatoms. The molecule has 1 amide bonds. The van der Waals surface area contributed by atoms with Gasteiger partial charge < -0.3 is 5.32 Å². The normalized spacial score (nSPS) is 11.2. The van der Waals surface area contributed by atoms with Crippen molar-refractivity contribution in [2.45, 2.75) is 34.6 Å². The zero-order chi connectivity index (χ0) is 17.4. The lowest BCUT2D eigenvalue weighted by molar-refractivity contribution is -0.118. The topological polar surface area (TPSA) is 54.9 Å². The Balaban J connectivity index is 2.11. The number of hydrogen-bond acceptors (Lipinski definition) is 4. The van der Waals surface area contributed by atoms with Crippen LogP contribution in [0, 0.1) is 26.7 Å². The molecule has 2 heterocycles. The van der Waals surface area contributed by atoms with E-state index in [9.17, 15) is 4.79 Å². The molecular formula is C19H21N3OS. The smallest absolute Gasteiger partial charge is 0.226 e. The Morgan fingerprint density at radius 3 is 2.50 bits per heavy atom. The standard InChI is InChI=1S/C19H21N3OS/c1-10(2)19(23)22-15-8-16-14(6-12(15)4)11(3)7-17(21-16)18-9-20-13(5)24-18/h6-10H,1-5H3,(H,22,23). The van der Waals surface area contributed by atoms with Crippen LogP contribution >= 0.6 is 11.3 Å². The van der Waals surface area contributed by atoms with Crippen LogP contribution in [0.2, 0.25) is 0 Å². The number of nitrogens with one attached hydrogen (secondary N) is 1. The van der Waals surface area contributed by atoms with Gasteiger partial charge in [-0.05, 0) is 50.1 Å². The molecule has 0 aliphatic carbocycles. The Labute approximate surface area is 146 Å². The zero-order valence-electron chi connectivity index (χ0n) is 14.6. The minimum absolute atomic E-state index is 0.0170. The van der Waals surface area contributed by atoms with E-state index >= 15 is 0 Å². The van der Waals surface area contributed by atoms with E-state index in [0.717, 1.165) is 37.7 Å². The van der Waals surface area contributed by atoms with Gasteiger partial charge in [0.05, 0.1) is 21.1 Å². The summed E-state index contributed by atoms with van der Waals surface area (Å²) in [5.41, 5.74) is 4.86. The number of pyridine rings is 1. The minimum Gasteiger partial charge on any atom is -0.326 e. The zero-order valence-corrected chi connectivity index (χ0v) is 15.4. The van der Waals surface area contributed by atoms with E-state index in [4.69, 9.17) is 4.98 Å². The maximum absolute atomic E-state index is 12.0. The average molecular weight is 339 g/mol. The van der Waals surface area contributed by atoms with Gasteiger partial charge in [0, 0.05) is 23.2 Å². The maximum Gasteiger partial charge on any atom is 0.226 e. The van der Waals surface area contributed by atoms with Gasteiger partial charge >= 0.3 is 0 Å². The fraction of sp³-hybridized carbons (Fsp3) is 0.316. The fourth-order valence-corrected chi connectivity index (χ4v) is 3.31. The predicted octanol–water partition coefficient (Wildman–Crippen LogP) is 4.88. The summed E-state index contributed by atoms with van der Waals surface area (Å²) >= 11 is 1.64. The molecule has 0 atom stereocenters. The molecule has 2 aromatic heterocycles. The van der Waals surface area contributed by atoms with E-state index in [1.165, 1.54) is 5.56 Å². The lowest BCUT2D eigenvalue weighted by atomic mass is 10.0. The summed E-state index contributed by atoms with van der Waals surface area (Å²) in [7, 11) is 0. The number of anilines is 1. The van der Waals surface area contributed by atoms with Gasteiger partial charge in [-0.2, -0.15) is 0 Å². The van der Waals surface area contributed by atoms with Gasteiger partial charge in [0.1, 0.15) is 0 Å². The van der Waals surface area contributed by atoms with Crippen LogP contribution < -0.4 is 5.32 Å². The third-order valence-corrected chi connectivity index (χ3v) is 4.95. The monoisotopic (exact) mass is 339 g/mol. The molecule has 0 aliphatic heterocycles. The van der Waals surface area contributed by atoms with Gasteiger partial charge in [0.25, 0.3) is 0 Å². The average Bonchev–Trinajstić information content (AvgIpc) is 2.95. The number of aromatic nitrogens is 2. The van der Waals surface area contributed by atoms with Gasteiger partial charge in [0.2, 0.25) is 5.91 Å². The van der Waals surface area contributed by atoms with Crippen molar-refractivity contribution in [3.63, 3.8) is 0 Å². The first-order valence-electron chi connectivity index (χ1n) is 8.01. The van der Waals surface area contributed by atoms with E-state index in [1.807, 2.05) is 40.0 Å². The first-order chi connectivity index (χ1) is 11.3. The molecule has 1 N–H and O–H groups in total. The molecule has 0 bridgehead atoms. The van der Waals surface area contributed by atoms with E-state index in [1.54, 1.807) is 11.3 Å². The third kappa shape index (κ3) is 3.17. The summed E-state index contributed by atoms with van der Waals surface area (Å²) in [6.07, 6.45) is 1.86. The first-order valence-corrected chi connectivity index (χ1v) is 8.82. The Morgan fingerprint density at radius 2 is 1.88 bits per heavy atom. The third-order valence-electron chi connectivity index (χ3n) is 4.02. The van der Waals surface area contributed by atoms with Gasteiger partial charge in [-0.25, -0.2) is 9.97 Å². The molecule has 3 rings (SSSR count). The second kappa shape index (κ2) is 6.32. The van der Waals surface area contributed by atoms with Crippen LogP contribution in [0.1, 0.15) is 30.0 Å². The van der Waals surface area contributed by atoms with Crippen molar-refractivity contribution >= 4 is 33.8 Å². The predicted molar refractivity (Wildman–Crippen MR) is 101 cm³/mol. The van der Waals surface area contributed by atoms with E-state index in [0.29, 0.717) is 0 Å². The van der Waals surface area contributed by atoms with Gasteiger partial charge in [-0.15, -0.1) is 11.3 Å². The van der Waals surface area contributed by atoms with E-state index < -0.39 is 0 Å². The van der Waals surface area contributed by atoms with Crippen LogP contribution in [0.5, 0.6) is 0 Å². The van der Waals surface area contributed by atoms with Crippen LogP contribution in [0.15, 0.2) is 24.4 Å². The van der Waals surface area contributed by atoms with Crippen LogP contribution in [0.4, 0.5) is 5.69 Å². The molecule has 124 valence electrons. The second-order valence-corrected chi connectivity index (χ2v) is 7.63. The number of fused-ring (bicyclic) bond motifs is 1. The number of nitrogens with zero attached hydrogens (tertiary/aromatic N) is 2. The number of aryl methyl sites for hydroxylation is 3. The molecule has 4 nitrogen and oxygen atoms in total. The van der Waals surface area contributed by atoms with Crippen molar-refractivity contribution in [2.24, 2.45) is 5.92 Å². The van der Waals surface area contributed by atoms with Crippen LogP contribution in [-0.2, 0) is 4.79 Å². The number of hydrogen-bond donors (Lipinski definition) is 1. The number of carbonyl (C=O) groups is 1. The highest BCUT2D eigenvalue weighted by molar-refractivity contribution is 7.15. The summed E-state index contributed by atoms with van der Waals surface area (Å²) in [6.45, 7) is 9.87. The summed E-state index contributed by atoms with van der Waals surface area (Å²) in [5, 5.41) is 5.13. The van der Waals surface area contributed by atoms with Gasteiger partial charge in [-0.1, -0.05) is 13.8 Å². The molecule has 0 aliphatic rings. The lowest BCUT2D eigenvalue weighted by Crippen LogP contribution is -2.18. The summed E-state index contributed by atoms with van der Waals surface area (Å²) in [5.74, 6) is -0.0373. The fourth-order valence-electron chi connectivity index (χ4n) is 2.57. The molecule has 0 saturated carbocycles. The molecule has 1 aromatic carbocycles. The van der Waals surface area contributed by atoms with Crippen molar-refractivity contribution in [1.82, 2.24) is 9.97 Å². The number of rotatable bonds is 3. The number of amides is 1. The van der Waals surface area contributed by atoms with Gasteiger partial charge in [0.15, 0.2) is 0 Å². The highest BCUT2D eigenvalue weighted by Crippen LogP contribution is 2.31. The van der Waals surface area contributed by atoms with Crippen molar-refractivity contribution in [3.8, 4) is 10.6 Å². The van der Waals surface area contributed by atoms with E-state index in [2.05, 4.69) is 29.4 Å². The number of thiazole rings is 1. The lowest BCUT2D eigenvalue weighted by Gasteiger charge is -2.13. The molecule has 0 spiro atoms. The summed E-state index contributed by atoms with van der Waals surface area (Å²) in [4.78, 5) is 22.2. The molecule has 0 saturated heterocycles. The van der Waals surface area contributed by atoms with Gasteiger partial charge in [-0.3, -0.25) is 4.79 Å². The largest absolute Gasteiger partial charge is 0.326 e. The molecule has 0 unspecified atom stereocenters. The molecule has 24 heavy (non-hydrogen) atoms. The highest BCUT2D eigenvalue weighted by Gasteiger charge is 2.13. The second-order valence-electron chi connectivity index (χ2n) is 6.40. The van der Waals surface area contributed by atoms with Crippen LogP contribution in [-0.4, -0.2) is 15.9 Å². The quantitative estimate of drug-likeness (QED) is 0.740. The minimum atomic E-state index is -0.0544. The summed E-state index contributed by atoms with van der Waals surface area (Å²) < 4.78 is 0. The van der Waals surface area contributed by atoms with Crippen molar-refractivity contribution in [1.29, 1.82) is 0 Å². The Bertz CT molecular complexity index is 928. The number of benzene rings is 1. The van der Waals surface area contributed by atoms with Crippen LogP contribution in [0.3, 0.4) is 0 Å². The van der Waals surface area contributed by atoms with Crippen molar-refractivity contribution < 1.29 is 4.79 Å². The van der Waals surface area contributed by atoms with Crippen molar-refractivity contribution in [3.05, 3.63) is 40.5 Å². The molecule has 3 aromatic rings. The van der Waals surface area contributed by atoms with E-state index in [-0.39, 0.29) is 11.8 Å². The summed E-state index contributed by atoms with van der Waals surface area (Å²) in [6, 6.07) is 6.16. The first kappa shape index (κ1) is 16.6. The highest BCUT2D eigenvalue weighted by atomic mass is 32.1. The van der Waals surface area contributed by atoms with Crippen LogP contribution in [0.25, 0.3) is 21.5 Å². The Morgan fingerprint density at radius 1 is 1.12 bits per heavy atom. The Hall–Kier alpha value is -2.27. The molecular weight excluding hydrogens is 318 g/mol. The molecule has 0 fully saturated rings. The van der Waals surface area contributed by atoms with Crippen molar-refractivity contribution in [2.75, 3.05) is 5.32 Å². The maximum atomic E-state index is 12.0. The molecule has 0 radical (unpaired) electrons. The number of carbonyl (C=O) groups excluding carboxylic acids is 1. The Kier molecular flexibility index (Phi) is 4.37.